The topological polar surface area (TPSA) is 88.8 Å². The summed E-state index contributed by atoms with van der Waals surface area (Å²) in [5.74, 6) is -0.504. The van der Waals surface area contributed by atoms with E-state index in [0.717, 1.165) is 13.0 Å². The molecule has 8 heteroatoms. The maximum absolute atomic E-state index is 12.7. The smallest absolute Gasteiger partial charge is 0.373 e. The van der Waals surface area contributed by atoms with Crippen LogP contribution < -0.4 is 5.32 Å². The maximum atomic E-state index is 12.7. The van der Waals surface area contributed by atoms with Crippen molar-refractivity contribution in [3.63, 3.8) is 0 Å². The molecule has 1 unspecified atom stereocenters. The lowest BCUT2D eigenvalue weighted by Crippen LogP contribution is -2.38. The van der Waals surface area contributed by atoms with Gasteiger partial charge in [0, 0.05) is 32.1 Å². The summed E-state index contributed by atoms with van der Waals surface area (Å²) in [6.07, 6.45) is 1.14. The third-order valence-corrected chi connectivity index (χ3v) is 5.64. The summed E-state index contributed by atoms with van der Waals surface area (Å²) in [4.78, 5) is 11.6. The second kappa shape index (κ2) is 6.17. The van der Waals surface area contributed by atoms with Gasteiger partial charge in [-0.2, -0.15) is 4.31 Å². The van der Waals surface area contributed by atoms with Crippen LogP contribution in [-0.4, -0.2) is 52.0 Å². The molecule has 21 heavy (non-hydrogen) atoms. The molecule has 118 valence electrons. The van der Waals surface area contributed by atoms with Gasteiger partial charge >= 0.3 is 5.97 Å². The number of hydrogen-bond donors (Lipinski definition) is 1. The minimum atomic E-state index is -3.69. The zero-order chi connectivity index (χ0) is 15.6. The first kappa shape index (κ1) is 16.0. The number of rotatable bonds is 5. The molecule has 0 amide bonds. The van der Waals surface area contributed by atoms with E-state index in [9.17, 15) is 13.2 Å². The lowest BCUT2D eigenvalue weighted by Gasteiger charge is -2.22. The van der Waals surface area contributed by atoms with Gasteiger partial charge in [-0.15, -0.1) is 0 Å². The van der Waals surface area contributed by atoms with E-state index in [1.54, 1.807) is 14.0 Å². The molecule has 0 bridgehead atoms. The summed E-state index contributed by atoms with van der Waals surface area (Å²) in [6.45, 7) is 3.19. The highest BCUT2D eigenvalue weighted by atomic mass is 32.2. The second-order valence-electron chi connectivity index (χ2n) is 4.91. The number of carbonyl (C=O) groups is 1. The number of sulfonamides is 1. The number of nitrogens with one attached hydrogen (secondary N) is 1. The summed E-state index contributed by atoms with van der Waals surface area (Å²) in [5, 5.41) is 3.13. The van der Waals surface area contributed by atoms with E-state index in [-0.39, 0.29) is 22.5 Å². The van der Waals surface area contributed by atoms with Crippen molar-refractivity contribution in [3.05, 3.63) is 17.6 Å². The highest BCUT2D eigenvalue weighted by molar-refractivity contribution is 7.89. The number of methoxy groups -OCH3 is 1. The Morgan fingerprint density at radius 1 is 1.57 bits per heavy atom. The van der Waals surface area contributed by atoms with E-state index in [4.69, 9.17) is 4.42 Å². The van der Waals surface area contributed by atoms with Gasteiger partial charge in [-0.25, -0.2) is 13.2 Å². The van der Waals surface area contributed by atoms with E-state index in [0.29, 0.717) is 13.0 Å². The van der Waals surface area contributed by atoms with E-state index in [2.05, 4.69) is 10.1 Å². The Balaban J connectivity index is 2.38. The summed E-state index contributed by atoms with van der Waals surface area (Å²) < 4.78 is 36.7. The number of nitrogens with zero attached hydrogens (tertiary/aromatic N) is 1. The van der Waals surface area contributed by atoms with E-state index in [1.807, 2.05) is 0 Å². The lowest BCUT2D eigenvalue weighted by molar-refractivity contribution is 0.0563. The van der Waals surface area contributed by atoms with Crippen LogP contribution in [0.2, 0.25) is 0 Å². The normalized spacial score (nSPS) is 19.1. The number of aryl methyl sites for hydroxylation is 1. The van der Waals surface area contributed by atoms with Gasteiger partial charge in [0.05, 0.1) is 7.11 Å². The zero-order valence-corrected chi connectivity index (χ0v) is 13.2. The van der Waals surface area contributed by atoms with Crippen molar-refractivity contribution < 1.29 is 22.4 Å². The fourth-order valence-corrected chi connectivity index (χ4v) is 3.99. The molecule has 0 spiro atoms. The highest BCUT2D eigenvalue weighted by Crippen LogP contribution is 2.26. The first-order valence-electron chi connectivity index (χ1n) is 6.81. The molecular formula is C13H20N2O5S. The molecule has 0 aromatic carbocycles. The maximum Gasteiger partial charge on any atom is 0.373 e. The van der Waals surface area contributed by atoms with Gasteiger partial charge in [0.15, 0.2) is 0 Å². The molecule has 2 rings (SSSR count). The monoisotopic (exact) mass is 316 g/mol. The molecular weight excluding hydrogens is 296 g/mol. The van der Waals surface area contributed by atoms with Crippen LogP contribution in [-0.2, 0) is 21.2 Å². The summed E-state index contributed by atoms with van der Waals surface area (Å²) >= 11 is 0. The lowest BCUT2D eigenvalue weighted by atomic mass is 10.3. The molecule has 1 aliphatic rings. The van der Waals surface area contributed by atoms with Crippen LogP contribution in [0.3, 0.4) is 0 Å². The van der Waals surface area contributed by atoms with Gasteiger partial charge in [-0.3, -0.25) is 0 Å². The summed E-state index contributed by atoms with van der Waals surface area (Å²) in [6, 6.07) is 1.16. The fraction of sp³-hybridized carbons (Fsp3) is 0.615. The number of ether oxygens (including phenoxy) is 1. The molecule has 1 saturated heterocycles. The fourth-order valence-electron chi connectivity index (χ4n) is 2.38. The van der Waals surface area contributed by atoms with Gasteiger partial charge in [0.25, 0.3) is 0 Å². The summed E-state index contributed by atoms with van der Waals surface area (Å²) in [7, 11) is -0.918. The molecule has 1 aromatic rings. The van der Waals surface area contributed by atoms with Crippen LogP contribution in [0.5, 0.6) is 0 Å². The Bertz CT molecular complexity index is 617. The third kappa shape index (κ3) is 2.97. The first-order valence-corrected chi connectivity index (χ1v) is 8.25. The van der Waals surface area contributed by atoms with Crippen molar-refractivity contribution in [3.8, 4) is 0 Å². The Morgan fingerprint density at radius 2 is 2.29 bits per heavy atom. The SMILES string of the molecule is CCc1oc(C(=O)OC)cc1S(=O)(=O)N(C)C1CCNC1. The van der Waals surface area contributed by atoms with Crippen molar-refractivity contribution in [1.29, 1.82) is 0 Å². The Labute approximate surface area is 124 Å². The van der Waals surface area contributed by atoms with Crippen LogP contribution in [0.25, 0.3) is 0 Å². The van der Waals surface area contributed by atoms with Crippen molar-refractivity contribution in [1.82, 2.24) is 9.62 Å². The number of carbonyl (C=O) groups excluding carboxylic acids is 1. The Kier molecular flexibility index (Phi) is 4.70. The van der Waals surface area contributed by atoms with Gasteiger partial charge < -0.3 is 14.5 Å². The van der Waals surface area contributed by atoms with Gasteiger partial charge in [-0.1, -0.05) is 6.92 Å². The van der Waals surface area contributed by atoms with E-state index in [1.165, 1.54) is 17.5 Å². The second-order valence-corrected chi connectivity index (χ2v) is 6.88. The molecule has 0 aliphatic carbocycles. The van der Waals surface area contributed by atoms with Crippen LogP contribution in [0.1, 0.15) is 29.7 Å². The molecule has 1 atom stereocenters. The molecule has 1 aliphatic heterocycles. The van der Waals surface area contributed by atoms with Crippen molar-refractivity contribution in [2.45, 2.75) is 30.7 Å². The number of esters is 1. The van der Waals surface area contributed by atoms with E-state index >= 15 is 0 Å². The third-order valence-electron chi connectivity index (χ3n) is 3.68. The number of likely N-dealkylation sites (N-methyl/N-ethyl adjacent to an activating group) is 1. The largest absolute Gasteiger partial charge is 0.463 e. The minimum absolute atomic E-state index is 0.0415. The van der Waals surface area contributed by atoms with Crippen molar-refractivity contribution in [2.75, 3.05) is 27.2 Å². The molecule has 1 aromatic heterocycles. The molecule has 1 N–H and O–H groups in total. The van der Waals surface area contributed by atoms with Crippen molar-refractivity contribution in [2.24, 2.45) is 0 Å². The van der Waals surface area contributed by atoms with Gasteiger partial charge in [-0.05, 0) is 13.0 Å². The molecule has 7 nitrogen and oxygen atoms in total. The van der Waals surface area contributed by atoms with Crippen LogP contribution in [0, 0.1) is 0 Å². The molecule has 1 fully saturated rings. The quantitative estimate of drug-likeness (QED) is 0.801. The van der Waals surface area contributed by atoms with Crippen LogP contribution in [0.15, 0.2) is 15.4 Å². The van der Waals surface area contributed by atoms with E-state index < -0.39 is 16.0 Å². The predicted molar refractivity (Wildman–Crippen MR) is 75.6 cm³/mol. The molecule has 0 saturated carbocycles. The van der Waals surface area contributed by atoms with Crippen molar-refractivity contribution >= 4 is 16.0 Å². The number of hydrogen-bond acceptors (Lipinski definition) is 6. The zero-order valence-electron chi connectivity index (χ0n) is 12.4. The average molecular weight is 316 g/mol. The van der Waals surface area contributed by atoms with Crippen LogP contribution in [0.4, 0.5) is 0 Å². The minimum Gasteiger partial charge on any atom is -0.463 e. The highest BCUT2D eigenvalue weighted by Gasteiger charge is 2.34. The Morgan fingerprint density at radius 3 is 2.81 bits per heavy atom. The number of furan rings is 1. The Hall–Kier alpha value is -1.38. The molecule has 2 heterocycles. The molecule has 0 radical (unpaired) electrons. The van der Waals surface area contributed by atoms with Gasteiger partial charge in [0.1, 0.15) is 10.7 Å². The predicted octanol–water partition coefficient (Wildman–Crippen LogP) is 0.611. The van der Waals surface area contributed by atoms with Crippen LogP contribution >= 0.6 is 0 Å². The first-order chi connectivity index (χ1) is 9.91. The average Bonchev–Trinajstić information content (AvgIpc) is 3.14. The standard InChI is InChI=1S/C13H20N2O5S/c1-4-10-12(7-11(20-10)13(16)19-3)21(17,18)15(2)9-5-6-14-8-9/h7,9,14H,4-6,8H2,1-3H3. The summed E-state index contributed by atoms with van der Waals surface area (Å²) in [5.41, 5.74) is 0. The van der Waals surface area contributed by atoms with Gasteiger partial charge in [0.2, 0.25) is 15.8 Å².